The Hall–Kier alpha value is -2.49. The van der Waals surface area contributed by atoms with Crippen LogP contribution in [0.2, 0.25) is 0 Å². The minimum absolute atomic E-state index is 0.0590. The van der Waals surface area contributed by atoms with Crippen LogP contribution in [0.25, 0.3) is 5.57 Å². The van der Waals surface area contributed by atoms with Crippen molar-refractivity contribution in [3.8, 4) is 5.75 Å². The van der Waals surface area contributed by atoms with Gasteiger partial charge in [0.1, 0.15) is 0 Å². The van der Waals surface area contributed by atoms with Crippen LogP contribution in [0.3, 0.4) is 0 Å². The van der Waals surface area contributed by atoms with Crippen molar-refractivity contribution in [3.63, 3.8) is 0 Å². The summed E-state index contributed by atoms with van der Waals surface area (Å²) in [4.78, 5) is 0. The highest BCUT2D eigenvalue weighted by Crippen LogP contribution is 2.46. The van der Waals surface area contributed by atoms with Crippen LogP contribution < -0.4 is 4.74 Å². The predicted molar refractivity (Wildman–Crippen MR) is 149 cm³/mol. The Morgan fingerprint density at radius 2 is 1.41 bits per heavy atom. The van der Waals surface area contributed by atoms with E-state index < -0.39 is 17.3 Å². The van der Waals surface area contributed by atoms with E-state index in [0.717, 1.165) is 32.1 Å². The number of aryl methyl sites for hydroxylation is 1. The van der Waals surface area contributed by atoms with Crippen molar-refractivity contribution < 1.29 is 17.9 Å². The zero-order valence-electron chi connectivity index (χ0n) is 22.6. The van der Waals surface area contributed by atoms with Gasteiger partial charge < -0.3 is 4.74 Å². The van der Waals surface area contributed by atoms with E-state index in [1.165, 1.54) is 62.6 Å². The monoisotopic (exact) mass is 512 g/mol. The third-order valence-electron chi connectivity index (χ3n) is 7.30. The molecule has 1 unspecified atom stereocenters. The van der Waals surface area contributed by atoms with Crippen molar-refractivity contribution in [1.82, 2.24) is 0 Å². The first-order valence-electron chi connectivity index (χ1n) is 14.3. The van der Waals surface area contributed by atoms with Gasteiger partial charge in [0.05, 0.1) is 6.61 Å². The number of rotatable bonds is 16. The molecule has 1 aliphatic carbocycles. The largest absolute Gasteiger partial charge is 0.490 e. The zero-order chi connectivity index (χ0) is 26.5. The van der Waals surface area contributed by atoms with Crippen LogP contribution in [0, 0.1) is 11.6 Å². The van der Waals surface area contributed by atoms with Gasteiger partial charge in [0.25, 0.3) is 0 Å². The number of allylic oxidation sites excluding steroid dienone is 4. The first kappa shape index (κ1) is 29.1. The molecule has 4 heteroatoms. The van der Waals surface area contributed by atoms with Crippen molar-refractivity contribution in [2.75, 3.05) is 6.61 Å². The second-order valence-electron chi connectivity index (χ2n) is 10.2. The number of unbranched alkanes of at least 4 members (excludes halogenated alkanes) is 9. The topological polar surface area (TPSA) is 9.23 Å². The molecule has 1 aliphatic rings. The normalized spacial score (nSPS) is 17.2. The number of halogens is 3. The predicted octanol–water partition coefficient (Wildman–Crippen LogP) is 10.4. The van der Waals surface area contributed by atoms with E-state index in [-0.39, 0.29) is 23.3 Å². The van der Waals surface area contributed by atoms with Gasteiger partial charge in [0.15, 0.2) is 17.2 Å². The molecule has 0 radical (unpaired) electrons. The van der Waals surface area contributed by atoms with Crippen LogP contribution in [-0.4, -0.2) is 6.61 Å². The Morgan fingerprint density at radius 3 is 2.11 bits per heavy atom. The lowest BCUT2D eigenvalue weighted by molar-refractivity contribution is 0.248. The Balaban J connectivity index is 1.68. The lowest BCUT2D eigenvalue weighted by atomic mass is 9.78. The van der Waals surface area contributed by atoms with E-state index in [4.69, 9.17) is 4.74 Å². The second kappa shape index (κ2) is 15.1. The molecule has 2 aromatic carbocycles. The zero-order valence-corrected chi connectivity index (χ0v) is 22.6. The molecule has 0 saturated carbocycles. The Kier molecular flexibility index (Phi) is 11.8. The van der Waals surface area contributed by atoms with Gasteiger partial charge in [-0.15, -0.1) is 0 Å². The molecular weight excluding hydrogens is 469 g/mol. The van der Waals surface area contributed by atoms with Gasteiger partial charge in [-0.25, -0.2) is 8.78 Å². The average Bonchev–Trinajstić information content (AvgIpc) is 2.91. The van der Waals surface area contributed by atoms with E-state index in [9.17, 15) is 4.39 Å². The molecule has 3 rings (SSSR count). The molecule has 202 valence electrons. The van der Waals surface area contributed by atoms with Crippen LogP contribution in [0.15, 0.2) is 54.6 Å². The van der Waals surface area contributed by atoms with Crippen molar-refractivity contribution in [1.29, 1.82) is 0 Å². The second-order valence-corrected chi connectivity index (χ2v) is 10.2. The Bertz CT molecular complexity index is 1020. The molecule has 0 heterocycles. The molecule has 0 aromatic heterocycles. The lowest BCUT2D eigenvalue weighted by Crippen LogP contribution is -2.24. The van der Waals surface area contributed by atoms with Gasteiger partial charge in [0.2, 0.25) is 5.82 Å². The highest BCUT2D eigenvalue weighted by molar-refractivity contribution is 5.77. The molecule has 0 spiro atoms. The summed E-state index contributed by atoms with van der Waals surface area (Å²) in [5.41, 5.74) is -0.217. The summed E-state index contributed by atoms with van der Waals surface area (Å²) in [6.45, 7) is 4.71. The summed E-state index contributed by atoms with van der Waals surface area (Å²) < 4.78 is 52.2. The van der Waals surface area contributed by atoms with Crippen molar-refractivity contribution >= 4 is 5.57 Å². The van der Waals surface area contributed by atoms with Gasteiger partial charge in [-0.2, -0.15) is 4.39 Å². The molecule has 0 amide bonds. The van der Waals surface area contributed by atoms with Crippen LogP contribution in [0.1, 0.15) is 108 Å². The van der Waals surface area contributed by atoms with Crippen LogP contribution in [0.4, 0.5) is 13.2 Å². The Morgan fingerprint density at radius 1 is 0.757 bits per heavy atom. The number of alkyl halides is 1. The summed E-state index contributed by atoms with van der Waals surface area (Å²) in [6, 6.07) is 10.4. The standard InChI is InChI=1S/C33H43F3O/c1-3-5-7-9-11-15-25-37-30-23-22-28(31(34)32(30)35)29-17-13-14-24-33(29,36)27-20-18-26(19-21-27)16-12-10-8-6-4-2/h13-14,17-23H,3-12,15-16,24-25H2,1-2H3. The molecule has 0 N–H and O–H groups in total. The fourth-order valence-electron chi connectivity index (χ4n) is 5.00. The summed E-state index contributed by atoms with van der Waals surface area (Å²) in [5.74, 6) is -2.23. The van der Waals surface area contributed by atoms with E-state index in [0.29, 0.717) is 12.2 Å². The van der Waals surface area contributed by atoms with Gasteiger partial charge in [-0.1, -0.05) is 114 Å². The molecule has 1 nitrogen and oxygen atoms in total. The molecule has 0 aliphatic heterocycles. The van der Waals surface area contributed by atoms with Gasteiger partial charge in [-0.3, -0.25) is 0 Å². The highest BCUT2D eigenvalue weighted by Gasteiger charge is 2.39. The van der Waals surface area contributed by atoms with E-state index >= 15 is 8.78 Å². The maximum absolute atomic E-state index is 16.5. The quantitative estimate of drug-likeness (QED) is 0.203. The van der Waals surface area contributed by atoms with E-state index in [1.807, 2.05) is 12.1 Å². The van der Waals surface area contributed by atoms with Gasteiger partial charge >= 0.3 is 0 Å². The van der Waals surface area contributed by atoms with Crippen molar-refractivity contribution in [3.05, 3.63) is 83.0 Å². The maximum atomic E-state index is 16.5. The highest BCUT2D eigenvalue weighted by atomic mass is 19.2. The minimum atomic E-state index is -1.93. The lowest BCUT2D eigenvalue weighted by Gasteiger charge is -2.30. The molecule has 1 atom stereocenters. The summed E-state index contributed by atoms with van der Waals surface area (Å²) in [6.07, 6.45) is 18.6. The molecule has 2 aromatic rings. The van der Waals surface area contributed by atoms with E-state index in [1.54, 1.807) is 30.4 Å². The fourth-order valence-corrected chi connectivity index (χ4v) is 5.00. The molecule has 0 fully saturated rings. The number of hydrogen-bond acceptors (Lipinski definition) is 1. The van der Waals surface area contributed by atoms with E-state index in [2.05, 4.69) is 13.8 Å². The summed E-state index contributed by atoms with van der Waals surface area (Å²) in [7, 11) is 0. The molecule has 0 bridgehead atoms. The van der Waals surface area contributed by atoms with Gasteiger partial charge in [-0.05, 0) is 42.5 Å². The number of hydrogen-bond donors (Lipinski definition) is 0. The molecule has 37 heavy (non-hydrogen) atoms. The number of benzene rings is 2. The van der Waals surface area contributed by atoms with Crippen LogP contribution in [0.5, 0.6) is 5.75 Å². The smallest absolute Gasteiger partial charge is 0.201 e. The Labute approximate surface area is 221 Å². The van der Waals surface area contributed by atoms with Crippen molar-refractivity contribution in [2.24, 2.45) is 0 Å². The van der Waals surface area contributed by atoms with Crippen LogP contribution in [-0.2, 0) is 12.1 Å². The minimum Gasteiger partial charge on any atom is -0.490 e. The maximum Gasteiger partial charge on any atom is 0.201 e. The fraction of sp³-hybridized carbons (Fsp3) is 0.515. The molecular formula is C33H43F3O. The average molecular weight is 513 g/mol. The SMILES string of the molecule is CCCCCCCCOc1ccc(C2=CC=CCC2(F)c2ccc(CCCCCCC)cc2)c(F)c1F. The third kappa shape index (κ3) is 7.99. The third-order valence-corrected chi connectivity index (χ3v) is 7.30. The van der Waals surface area contributed by atoms with Crippen molar-refractivity contribution in [2.45, 2.75) is 103 Å². The summed E-state index contributed by atoms with van der Waals surface area (Å²) >= 11 is 0. The van der Waals surface area contributed by atoms with Gasteiger partial charge in [0, 0.05) is 17.6 Å². The first-order chi connectivity index (χ1) is 18.0. The summed E-state index contributed by atoms with van der Waals surface area (Å²) in [5, 5.41) is 0. The number of ether oxygens (including phenoxy) is 1. The first-order valence-corrected chi connectivity index (χ1v) is 14.3. The molecule has 0 saturated heterocycles. The van der Waals surface area contributed by atoms with Crippen LogP contribution >= 0.6 is 0 Å².